The van der Waals surface area contributed by atoms with Gasteiger partial charge >= 0.3 is 0 Å². The number of ether oxygens (including phenoxy) is 1. The third-order valence-corrected chi connectivity index (χ3v) is 6.81. The fraction of sp³-hybridized carbons (Fsp3) is 0.409. The van der Waals surface area contributed by atoms with Crippen LogP contribution in [0.15, 0.2) is 49.1 Å². The van der Waals surface area contributed by atoms with Gasteiger partial charge in [-0.1, -0.05) is 11.3 Å². The molecule has 158 valence electrons. The van der Waals surface area contributed by atoms with Crippen LogP contribution in [0, 0.1) is 11.8 Å². The van der Waals surface area contributed by atoms with Crippen LogP contribution in [0.3, 0.4) is 0 Å². The molecule has 9 heteroatoms. The second-order valence-electron chi connectivity index (χ2n) is 8.50. The SMILES string of the molecule is CO[C@@H]1C[C@H]2CN(c3nccc4[nH]ncc34)C[C@H]2C[C@H]1n1cc(-c2ccccn2)nn1. The molecule has 0 aromatic carbocycles. The van der Waals surface area contributed by atoms with E-state index in [0.717, 1.165) is 54.0 Å². The molecule has 6 rings (SSSR count). The van der Waals surface area contributed by atoms with Gasteiger partial charge < -0.3 is 9.64 Å². The molecule has 9 nitrogen and oxygen atoms in total. The Balaban J connectivity index is 1.25. The van der Waals surface area contributed by atoms with Crippen molar-refractivity contribution in [1.29, 1.82) is 0 Å². The van der Waals surface area contributed by atoms with Crippen molar-refractivity contribution in [2.45, 2.75) is 25.0 Å². The number of anilines is 1. The quantitative estimate of drug-likeness (QED) is 0.546. The van der Waals surface area contributed by atoms with Gasteiger partial charge in [-0.3, -0.25) is 10.1 Å². The summed E-state index contributed by atoms with van der Waals surface area (Å²) in [7, 11) is 1.80. The zero-order chi connectivity index (χ0) is 20.8. The van der Waals surface area contributed by atoms with Crippen LogP contribution >= 0.6 is 0 Å². The molecular formula is C22H24N8O. The largest absolute Gasteiger partial charge is 0.379 e. The van der Waals surface area contributed by atoms with E-state index in [1.54, 1.807) is 13.3 Å². The highest BCUT2D eigenvalue weighted by molar-refractivity contribution is 5.89. The van der Waals surface area contributed by atoms with Crippen LogP contribution in [0.2, 0.25) is 0 Å². The molecule has 0 amide bonds. The van der Waals surface area contributed by atoms with Gasteiger partial charge in [0.05, 0.1) is 41.1 Å². The van der Waals surface area contributed by atoms with Gasteiger partial charge in [-0.05, 0) is 42.9 Å². The summed E-state index contributed by atoms with van der Waals surface area (Å²) in [6.07, 6.45) is 9.62. The number of aromatic nitrogens is 7. The Morgan fingerprint density at radius 1 is 1.03 bits per heavy atom. The summed E-state index contributed by atoms with van der Waals surface area (Å²) in [5, 5.41) is 17.1. The lowest BCUT2D eigenvalue weighted by Crippen LogP contribution is -2.37. The minimum Gasteiger partial charge on any atom is -0.379 e. The van der Waals surface area contributed by atoms with Crippen LogP contribution in [-0.4, -0.2) is 61.5 Å². The van der Waals surface area contributed by atoms with Crippen molar-refractivity contribution in [2.24, 2.45) is 11.8 Å². The highest BCUT2D eigenvalue weighted by atomic mass is 16.5. The predicted octanol–water partition coefficient (Wildman–Crippen LogP) is 2.71. The Morgan fingerprint density at radius 3 is 2.77 bits per heavy atom. The van der Waals surface area contributed by atoms with Gasteiger partial charge in [0.25, 0.3) is 0 Å². The molecule has 2 aliphatic rings. The third kappa shape index (κ3) is 3.16. The second-order valence-corrected chi connectivity index (χ2v) is 8.50. The highest BCUT2D eigenvalue weighted by Crippen LogP contribution is 2.43. The number of nitrogens with one attached hydrogen (secondary N) is 1. The zero-order valence-corrected chi connectivity index (χ0v) is 17.3. The monoisotopic (exact) mass is 416 g/mol. The van der Waals surface area contributed by atoms with Gasteiger partial charge in [0.1, 0.15) is 11.5 Å². The Morgan fingerprint density at radius 2 is 1.94 bits per heavy atom. The maximum absolute atomic E-state index is 5.93. The summed E-state index contributed by atoms with van der Waals surface area (Å²) in [5.41, 5.74) is 2.65. The summed E-state index contributed by atoms with van der Waals surface area (Å²) in [5.74, 6) is 2.15. The smallest absolute Gasteiger partial charge is 0.139 e. The number of aromatic amines is 1. The predicted molar refractivity (Wildman–Crippen MR) is 115 cm³/mol. The first-order valence-corrected chi connectivity index (χ1v) is 10.7. The van der Waals surface area contributed by atoms with Gasteiger partial charge in [0.15, 0.2) is 0 Å². The normalized spacial score (nSPS) is 25.8. The van der Waals surface area contributed by atoms with Crippen molar-refractivity contribution in [3.63, 3.8) is 0 Å². The van der Waals surface area contributed by atoms with E-state index in [0.29, 0.717) is 11.8 Å². The Bertz CT molecular complexity index is 1190. The van der Waals surface area contributed by atoms with Crippen molar-refractivity contribution in [3.8, 4) is 11.4 Å². The van der Waals surface area contributed by atoms with E-state index in [1.807, 2.05) is 47.5 Å². The van der Waals surface area contributed by atoms with E-state index in [4.69, 9.17) is 4.74 Å². The Labute approximate surface area is 179 Å². The highest BCUT2D eigenvalue weighted by Gasteiger charge is 2.44. The molecule has 0 radical (unpaired) electrons. The van der Waals surface area contributed by atoms with Crippen molar-refractivity contribution < 1.29 is 4.74 Å². The number of pyridine rings is 2. The molecule has 4 atom stereocenters. The minimum atomic E-state index is 0.108. The first-order chi connectivity index (χ1) is 15.3. The molecular weight excluding hydrogens is 392 g/mol. The number of fused-ring (bicyclic) bond motifs is 2. The molecule has 31 heavy (non-hydrogen) atoms. The van der Waals surface area contributed by atoms with E-state index in [1.165, 1.54) is 0 Å². The van der Waals surface area contributed by atoms with E-state index in [9.17, 15) is 0 Å². The molecule has 0 unspecified atom stereocenters. The number of hydrogen-bond acceptors (Lipinski definition) is 7. The van der Waals surface area contributed by atoms with Crippen LogP contribution in [0.5, 0.6) is 0 Å². The number of rotatable bonds is 4. The first-order valence-electron chi connectivity index (χ1n) is 10.7. The lowest BCUT2D eigenvalue weighted by molar-refractivity contribution is -0.00541. The van der Waals surface area contributed by atoms with Crippen molar-refractivity contribution in [1.82, 2.24) is 35.2 Å². The third-order valence-electron chi connectivity index (χ3n) is 6.81. The number of hydrogen-bond donors (Lipinski definition) is 1. The molecule has 2 fully saturated rings. The Kier molecular flexibility index (Phi) is 4.41. The van der Waals surface area contributed by atoms with E-state index in [-0.39, 0.29) is 12.1 Å². The maximum Gasteiger partial charge on any atom is 0.139 e. The molecule has 1 saturated heterocycles. The molecule has 1 N–H and O–H groups in total. The first kappa shape index (κ1) is 18.4. The molecule has 1 aliphatic heterocycles. The van der Waals surface area contributed by atoms with Crippen LogP contribution in [-0.2, 0) is 4.74 Å². The Hall–Kier alpha value is -3.33. The van der Waals surface area contributed by atoms with Crippen molar-refractivity contribution in [3.05, 3.63) is 49.1 Å². The number of H-pyrrole nitrogens is 1. The average molecular weight is 416 g/mol. The van der Waals surface area contributed by atoms with Crippen LogP contribution in [0.1, 0.15) is 18.9 Å². The summed E-state index contributed by atoms with van der Waals surface area (Å²) >= 11 is 0. The molecule has 4 aromatic rings. The second kappa shape index (κ2) is 7.42. The lowest BCUT2D eigenvalue weighted by Gasteiger charge is -2.36. The van der Waals surface area contributed by atoms with Gasteiger partial charge in [0.2, 0.25) is 0 Å². The summed E-state index contributed by atoms with van der Waals surface area (Å²) in [4.78, 5) is 11.5. The van der Waals surface area contributed by atoms with Crippen LogP contribution in [0.25, 0.3) is 22.3 Å². The number of nitrogens with zero attached hydrogens (tertiary/aromatic N) is 7. The molecule has 0 bridgehead atoms. The summed E-state index contributed by atoms with van der Waals surface area (Å²) < 4.78 is 7.91. The summed E-state index contributed by atoms with van der Waals surface area (Å²) in [6, 6.07) is 7.95. The molecule has 1 aliphatic carbocycles. The fourth-order valence-corrected chi connectivity index (χ4v) is 5.27. The molecule has 1 saturated carbocycles. The summed E-state index contributed by atoms with van der Waals surface area (Å²) in [6.45, 7) is 1.97. The van der Waals surface area contributed by atoms with Crippen LogP contribution < -0.4 is 4.90 Å². The van der Waals surface area contributed by atoms with Gasteiger partial charge in [-0.2, -0.15) is 5.10 Å². The van der Waals surface area contributed by atoms with E-state index >= 15 is 0 Å². The van der Waals surface area contributed by atoms with Crippen molar-refractivity contribution in [2.75, 3.05) is 25.1 Å². The van der Waals surface area contributed by atoms with Gasteiger partial charge in [-0.25, -0.2) is 9.67 Å². The van der Waals surface area contributed by atoms with E-state index < -0.39 is 0 Å². The van der Waals surface area contributed by atoms with Crippen LogP contribution in [0.4, 0.5) is 5.82 Å². The standard InChI is InChI=1S/C22H24N8O/c1-31-21-9-15-12-29(22-16-10-25-26-17(16)5-7-24-22)11-14(15)8-20(21)30-13-19(27-28-30)18-4-2-3-6-23-18/h2-7,10,13-15,20-21H,8-9,11-12H2,1H3,(H,25,26)/t14-,15+,20-,21-/m1/s1. The molecule has 0 spiro atoms. The average Bonchev–Trinajstić information content (AvgIpc) is 3.57. The van der Waals surface area contributed by atoms with Gasteiger partial charge in [0, 0.05) is 32.6 Å². The maximum atomic E-state index is 5.93. The number of methoxy groups -OCH3 is 1. The fourth-order valence-electron chi connectivity index (χ4n) is 5.27. The molecule has 5 heterocycles. The van der Waals surface area contributed by atoms with Crippen molar-refractivity contribution >= 4 is 16.7 Å². The zero-order valence-electron chi connectivity index (χ0n) is 17.3. The molecule has 4 aromatic heterocycles. The minimum absolute atomic E-state index is 0.108. The van der Waals surface area contributed by atoms with Gasteiger partial charge in [-0.15, -0.1) is 5.10 Å². The van der Waals surface area contributed by atoms with E-state index in [2.05, 4.69) is 35.4 Å². The topological polar surface area (TPSA) is 97.6 Å². The lowest BCUT2D eigenvalue weighted by atomic mass is 9.77.